The molecule has 0 unspecified atom stereocenters. The molecule has 0 saturated heterocycles. The van der Waals surface area contributed by atoms with Gasteiger partial charge in [0, 0.05) is 11.5 Å². The first-order valence-corrected chi connectivity index (χ1v) is 7.10. The molecule has 5 heteroatoms. The van der Waals surface area contributed by atoms with E-state index in [1.165, 1.54) is 13.2 Å². The molecule has 0 fully saturated rings. The first-order chi connectivity index (χ1) is 11.1. The van der Waals surface area contributed by atoms with E-state index in [4.69, 9.17) is 4.74 Å². The highest BCUT2D eigenvalue weighted by molar-refractivity contribution is 5.93. The number of rotatable bonds is 3. The van der Waals surface area contributed by atoms with Gasteiger partial charge in [0.1, 0.15) is 22.9 Å². The van der Waals surface area contributed by atoms with Gasteiger partial charge < -0.3 is 14.9 Å². The summed E-state index contributed by atoms with van der Waals surface area (Å²) in [6.07, 6.45) is 0. The molecule has 0 bridgehead atoms. The maximum Gasteiger partial charge on any atom is 0.151 e. The van der Waals surface area contributed by atoms with Crippen molar-refractivity contribution in [2.24, 2.45) is 10.2 Å². The molecule has 0 amide bonds. The Balaban J connectivity index is 2.08. The summed E-state index contributed by atoms with van der Waals surface area (Å²) >= 11 is 0. The van der Waals surface area contributed by atoms with Crippen molar-refractivity contribution in [2.75, 3.05) is 7.11 Å². The number of hydrogen-bond donors (Lipinski definition) is 2. The highest BCUT2D eigenvalue weighted by Gasteiger charge is 2.10. The van der Waals surface area contributed by atoms with Gasteiger partial charge in [-0.25, -0.2) is 0 Å². The van der Waals surface area contributed by atoms with E-state index in [0.29, 0.717) is 16.8 Å². The van der Waals surface area contributed by atoms with Gasteiger partial charge >= 0.3 is 0 Å². The number of methoxy groups -OCH3 is 1. The molecule has 23 heavy (non-hydrogen) atoms. The van der Waals surface area contributed by atoms with Crippen LogP contribution in [-0.4, -0.2) is 17.3 Å². The van der Waals surface area contributed by atoms with Gasteiger partial charge in [0.15, 0.2) is 5.75 Å². The molecule has 0 atom stereocenters. The molecular formula is C18H16N2O3. The van der Waals surface area contributed by atoms with Crippen molar-refractivity contribution >= 4 is 22.1 Å². The second-order valence-corrected chi connectivity index (χ2v) is 5.17. The van der Waals surface area contributed by atoms with Crippen LogP contribution in [0.1, 0.15) is 5.56 Å². The third-order valence-corrected chi connectivity index (χ3v) is 3.63. The fourth-order valence-electron chi connectivity index (χ4n) is 2.39. The average Bonchev–Trinajstić information content (AvgIpc) is 2.56. The number of nitrogens with zero attached hydrogens (tertiary/aromatic N) is 2. The Morgan fingerprint density at radius 2 is 1.74 bits per heavy atom. The third-order valence-electron chi connectivity index (χ3n) is 3.63. The number of fused-ring (bicyclic) bond motifs is 1. The monoisotopic (exact) mass is 308 g/mol. The number of phenols is 2. The highest BCUT2D eigenvalue weighted by atomic mass is 16.5. The molecule has 116 valence electrons. The molecule has 0 aliphatic heterocycles. The van der Waals surface area contributed by atoms with Crippen molar-refractivity contribution in [1.29, 1.82) is 0 Å². The molecule has 0 aliphatic carbocycles. The quantitative estimate of drug-likeness (QED) is 0.670. The van der Waals surface area contributed by atoms with Gasteiger partial charge in [-0.1, -0.05) is 24.3 Å². The first kappa shape index (κ1) is 14.8. The van der Waals surface area contributed by atoms with E-state index >= 15 is 0 Å². The topological polar surface area (TPSA) is 74.4 Å². The molecule has 3 aromatic carbocycles. The summed E-state index contributed by atoms with van der Waals surface area (Å²) in [5, 5.41) is 30.1. The van der Waals surface area contributed by atoms with Crippen LogP contribution in [0.15, 0.2) is 58.8 Å². The van der Waals surface area contributed by atoms with Crippen molar-refractivity contribution in [3.05, 3.63) is 54.1 Å². The smallest absolute Gasteiger partial charge is 0.151 e. The Bertz CT molecular complexity index is 904. The van der Waals surface area contributed by atoms with E-state index in [0.717, 1.165) is 10.9 Å². The van der Waals surface area contributed by atoms with Gasteiger partial charge in [-0.05, 0) is 36.1 Å². The van der Waals surface area contributed by atoms with Gasteiger partial charge in [0.05, 0.1) is 7.11 Å². The number of phenolic OH excluding ortho intramolecular Hbond substituents is 2. The van der Waals surface area contributed by atoms with E-state index in [-0.39, 0.29) is 17.2 Å². The second-order valence-electron chi connectivity index (χ2n) is 5.17. The molecule has 2 N–H and O–H groups in total. The van der Waals surface area contributed by atoms with Gasteiger partial charge in [0.2, 0.25) is 0 Å². The number of hydrogen-bond acceptors (Lipinski definition) is 5. The Morgan fingerprint density at radius 3 is 2.52 bits per heavy atom. The molecule has 0 spiro atoms. The fourth-order valence-corrected chi connectivity index (χ4v) is 2.39. The normalized spacial score (nSPS) is 11.2. The van der Waals surface area contributed by atoms with E-state index in [1.54, 1.807) is 12.1 Å². The highest BCUT2D eigenvalue weighted by Crippen LogP contribution is 2.39. The molecule has 0 radical (unpaired) electrons. The maximum atomic E-state index is 10.4. The van der Waals surface area contributed by atoms with Crippen molar-refractivity contribution in [2.45, 2.75) is 6.92 Å². The molecule has 3 aromatic rings. The molecular weight excluding hydrogens is 292 g/mol. The Kier molecular flexibility index (Phi) is 3.85. The Labute approximate surface area is 133 Å². The first-order valence-electron chi connectivity index (χ1n) is 7.10. The lowest BCUT2D eigenvalue weighted by Gasteiger charge is -2.07. The summed E-state index contributed by atoms with van der Waals surface area (Å²) in [6, 6.07) is 14.2. The Hall–Kier alpha value is -3.08. The largest absolute Gasteiger partial charge is 0.506 e. The number of azo groups is 1. The molecule has 3 rings (SSSR count). The summed E-state index contributed by atoms with van der Waals surface area (Å²) in [5.74, 6) is 0.635. The van der Waals surface area contributed by atoms with Crippen LogP contribution in [0.2, 0.25) is 0 Å². The minimum Gasteiger partial charge on any atom is -0.506 e. The van der Waals surface area contributed by atoms with Crippen LogP contribution in [0.3, 0.4) is 0 Å². The summed E-state index contributed by atoms with van der Waals surface area (Å²) in [6.45, 7) is 1.85. The number of aryl methyl sites for hydroxylation is 1. The number of ether oxygens (including phenoxy) is 1. The minimum atomic E-state index is -0.00696. The van der Waals surface area contributed by atoms with Crippen LogP contribution in [0.5, 0.6) is 17.2 Å². The van der Waals surface area contributed by atoms with Crippen LogP contribution < -0.4 is 4.74 Å². The van der Waals surface area contributed by atoms with Gasteiger partial charge in [-0.3, -0.25) is 0 Å². The van der Waals surface area contributed by atoms with Crippen LogP contribution in [0.25, 0.3) is 10.8 Å². The summed E-state index contributed by atoms with van der Waals surface area (Å²) in [7, 11) is 1.53. The van der Waals surface area contributed by atoms with Crippen LogP contribution in [0, 0.1) is 6.92 Å². The predicted molar refractivity (Wildman–Crippen MR) is 89.2 cm³/mol. The van der Waals surface area contributed by atoms with Crippen LogP contribution in [-0.2, 0) is 0 Å². The van der Waals surface area contributed by atoms with E-state index in [2.05, 4.69) is 10.2 Å². The predicted octanol–water partition coefficient (Wildman–Crippen LogP) is 4.98. The zero-order valence-electron chi connectivity index (χ0n) is 12.8. The molecule has 0 heterocycles. The van der Waals surface area contributed by atoms with Crippen LogP contribution >= 0.6 is 0 Å². The van der Waals surface area contributed by atoms with Gasteiger partial charge in [0.25, 0.3) is 0 Å². The van der Waals surface area contributed by atoms with Crippen molar-refractivity contribution in [1.82, 2.24) is 0 Å². The SMILES string of the molecule is COc1ccc(O)c(/N=N/c2c(C)cc3ccccc3c2O)c1. The molecule has 0 aliphatic rings. The van der Waals surface area contributed by atoms with Crippen molar-refractivity contribution < 1.29 is 14.9 Å². The summed E-state index contributed by atoms with van der Waals surface area (Å²) in [5.41, 5.74) is 1.45. The Morgan fingerprint density at radius 1 is 0.957 bits per heavy atom. The van der Waals surface area contributed by atoms with Crippen molar-refractivity contribution in [3.63, 3.8) is 0 Å². The van der Waals surface area contributed by atoms with E-state index in [9.17, 15) is 10.2 Å². The average molecular weight is 308 g/mol. The van der Waals surface area contributed by atoms with Crippen molar-refractivity contribution in [3.8, 4) is 17.2 Å². The summed E-state index contributed by atoms with van der Waals surface area (Å²) < 4.78 is 5.10. The lowest BCUT2D eigenvalue weighted by molar-refractivity contribution is 0.412. The van der Waals surface area contributed by atoms with Crippen LogP contribution in [0.4, 0.5) is 11.4 Å². The molecule has 0 aromatic heterocycles. The lowest BCUT2D eigenvalue weighted by atomic mass is 10.0. The number of benzene rings is 3. The third kappa shape index (κ3) is 2.81. The second kappa shape index (κ2) is 5.96. The maximum absolute atomic E-state index is 10.4. The lowest BCUT2D eigenvalue weighted by Crippen LogP contribution is -1.82. The van der Waals surface area contributed by atoms with Gasteiger partial charge in [-0.2, -0.15) is 0 Å². The van der Waals surface area contributed by atoms with E-state index in [1.807, 2.05) is 37.3 Å². The molecule has 5 nitrogen and oxygen atoms in total. The molecule has 0 saturated carbocycles. The van der Waals surface area contributed by atoms with Gasteiger partial charge in [-0.15, -0.1) is 10.2 Å². The standard InChI is InChI=1S/C18H16N2O3/c1-11-9-12-5-3-4-6-14(12)18(22)17(11)20-19-15-10-13(23-2)7-8-16(15)21/h3-10,21-22H,1-2H3/b20-19+. The minimum absolute atomic E-state index is 0.00696. The zero-order valence-corrected chi connectivity index (χ0v) is 12.8. The van der Waals surface area contributed by atoms with E-state index < -0.39 is 0 Å². The zero-order chi connectivity index (χ0) is 16.4. The fraction of sp³-hybridized carbons (Fsp3) is 0.111. The number of aromatic hydroxyl groups is 2. The summed E-state index contributed by atoms with van der Waals surface area (Å²) in [4.78, 5) is 0.